The Morgan fingerprint density at radius 2 is 1.70 bits per heavy atom. The van der Waals surface area contributed by atoms with E-state index in [0.29, 0.717) is 33.7 Å². The number of hydrogen-bond acceptors (Lipinski definition) is 6. The minimum Gasteiger partial charge on any atom is -0.371 e. The van der Waals surface area contributed by atoms with E-state index in [1.165, 1.54) is 18.6 Å². The molecule has 40 heavy (non-hydrogen) atoms. The third kappa shape index (κ3) is 4.18. The zero-order valence-corrected chi connectivity index (χ0v) is 22.3. The van der Waals surface area contributed by atoms with Gasteiger partial charge in [0.2, 0.25) is 0 Å². The smallest absolute Gasteiger partial charge is 0.167 e. The van der Waals surface area contributed by atoms with Gasteiger partial charge in [-0.25, -0.2) is 18.7 Å². The first-order valence-corrected chi connectivity index (χ1v) is 14.1. The van der Waals surface area contributed by atoms with Crippen molar-refractivity contribution in [3.63, 3.8) is 0 Å². The van der Waals surface area contributed by atoms with Gasteiger partial charge in [0.15, 0.2) is 5.65 Å². The minimum atomic E-state index is -0.636. The summed E-state index contributed by atoms with van der Waals surface area (Å²) in [6.07, 6.45) is 7.37. The molecule has 0 saturated carbocycles. The van der Waals surface area contributed by atoms with E-state index < -0.39 is 5.82 Å². The van der Waals surface area contributed by atoms with Crippen LogP contribution in [0.3, 0.4) is 0 Å². The molecule has 5 heterocycles. The fraction of sp³-hybridized carbons (Fsp3) is 0.387. The summed E-state index contributed by atoms with van der Waals surface area (Å²) in [6.45, 7) is 5.81. The van der Waals surface area contributed by atoms with Crippen LogP contribution in [0, 0.1) is 28.4 Å². The molecule has 0 unspecified atom stereocenters. The third-order valence-electron chi connectivity index (χ3n) is 9.01. The number of nitriles is 1. The molecule has 0 radical (unpaired) electrons. The van der Waals surface area contributed by atoms with E-state index in [1.807, 2.05) is 18.2 Å². The molecule has 3 fully saturated rings. The lowest BCUT2D eigenvalue weighted by Crippen LogP contribution is -2.41. The largest absolute Gasteiger partial charge is 0.371 e. The van der Waals surface area contributed by atoms with Gasteiger partial charge in [-0.1, -0.05) is 0 Å². The van der Waals surface area contributed by atoms with Gasteiger partial charge in [0.25, 0.3) is 0 Å². The molecule has 0 amide bonds. The van der Waals surface area contributed by atoms with Gasteiger partial charge in [0.1, 0.15) is 29.0 Å². The zero-order chi connectivity index (χ0) is 27.3. The molecule has 2 aromatic heterocycles. The van der Waals surface area contributed by atoms with Crippen LogP contribution >= 0.6 is 0 Å². The molecule has 7 rings (SSSR count). The van der Waals surface area contributed by atoms with Gasteiger partial charge < -0.3 is 15.1 Å². The van der Waals surface area contributed by atoms with Crippen LogP contribution in [0.5, 0.6) is 0 Å². The second-order valence-corrected chi connectivity index (χ2v) is 11.3. The lowest BCUT2D eigenvalue weighted by atomic mass is 9.78. The highest BCUT2D eigenvalue weighted by molar-refractivity contribution is 5.90. The molecule has 3 aliphatic rings. The first-order chi connectivity index (χ1) is 19.5. The predicted octanol–water partition coefficient (Wildman–Crippen LogP) is 5.42. The van der Waals surface area contributed by atoms with Crippen molar-refractivity contribution in [1.82, 2.24) is 19.9 Å². The van der Waals surface area contributed by atoms with Crippen LogP contribution in [-0.4, -0.2) is 53.8 Å². The van der Waals surface area contributed by atoms with Crippen LogP contribution in [0.15, 0.2) is 48.7 Å². The number of rotatable bonds is 4. The number of aromatic nitrogens is 3. The Balaban J connectivity index is 1.36. The first-order valence-electron chi connectivity index (χ1n) is 14.1. The third-order valence-corrected chi connectivity index (χ3v) is 9.01. The quantitative estimate of drug-likeness (QED) is 0.374. The zero-order valence-electron chi connectivity index (χ0n) is 22.3. The van der Waals surface area contributed by atoms with E-state index in [0.717, 1.165) is 76.3 Å². The van der Waals surface area contributed by atoms with Gasteiger partial charge >= 0.3 is 0 Å². The van der Waals surface area contributed by atoms with Crippen LogP contribution in [-0.2, 0) is 0 Å². The van der Waals surface area contributed by atoms with Gasteiger partial charge in [-0.2, -0.15) is 5.26 Å². The maximum atomic E-state index is 15.9. The number of nitrogens with one attached hydrogen (secondary N) is 1. The van der Waals surface area contributed by atoms with Crippen molar-refractivity contribution in [1.29, 1.82) is 5.26 Å². The van der Waals surface area contributed by atoms with Crippen LogP contribution < -0.4 is 15.1 Å². The molecule has 1 N–H and O–H groups in total. The van der Waals surface area contributed by atoms with E-state index in [4.69, 9.17) is 4.98 Å². The molecule has 3 aliphatic heterocycles. The van der Waals surface area contributed by atoms with Crippen molar-refractivity contribution in [3.8, 4) is 23.1 Å². The summed E-state index contributed by atoms with van der Waals surface area (Å²) in [6, 6.07) is 13.5. The Morgan fingerprint density at radius 1 is 0.875 bits per heavy atom. The summed E-state index contributed by atoms with van der Waals surface area (Å²) in [5, 5.41) is 12.8. The van der Waals surface area contributed by atoms with E-state index in [-0.39, 0.29) is 11.4 Å². The first kappa shape index (κ1) is 25.0. The van der Waals surface area contributed by atoms with E-state index in [9.17, 15) is 9.65 Å². The van der Waals surface area contributed by atoms with Gasteiger partial charge in [0.05, 0.1) is 16.9 Å². The Kier molecular flexibility index (Phi) is 6.16. The van der Waals surface area contributed by atoms with Crippen molar-refractivity contribution in [2.45, 2.75) is 32.1 Å². The molecular formula is C31H31F2N7. The normalized spacial score (nSPS) is 18.6. The van der Waals surface area contributed by atoms with Crippen LogP contribution in [0.2, 0.25) is 0 Å². The lowest BCUT2D eigenvalue weighted by Gasteiger charge is -2.40. The second kappa shape index (κ2) is 9.86. The number of anilines is 2. The molecule has 0 bridgehead atoms. The summed E-state index contributed by atoms with van der Waals surface area (Å²) in [5.74, 6) is -0.636. The standard InChI is InChI=1S/C31H31F2N7/c32-24-17-21(3-4-22(24)19-34)29-37-28-27(39-15-9-31(10-16-39)8-12-35-20-31)7-11-36-30(28)40(29)26-6-5-23(18-25(26)33)38-13-1-2-14-38/h3-7,11,17-18,35H,1-2,8-10,12-16,20H2. The Labute approximate surface area is 232 Å². The van der Waals surface area contributed by atoms with Gasteiger partial charge in [-0.3, -0.25) is 4.57 Å². The molecule has 3 saturated heterocycles. The van der Waals surface area contributed by atoms with Gasteiger partial charge in [-0.15, -0.1) is 0 Å². The number of fused-ring (bicyclic) bond motifs is 1. The Bertz CT molecular complexity index is 1620. The average Bonchev–Trinajstić information content (AvgIpc) is 3.74. The Hall–Kier alpha value is -4.03. The molecule has 2 aromatic carbocycles. The fourth-order valence-corrected chi connectivity index (χ4v) is 6.68. The molecule has 4 aromatic rings. The van der Waals surface area contributed by atoms with Crippen molar-refractivity contribution in [2.24, 2.45) is 5.41 Å². The number of piperidine rings is 1. The SMILES string of the molecule is N#Cc1ccc(-c2nc3c(N4CCC5(CCNC5)CC4)ccnc3n2-c2ccc(N3CCCC3)cc2F)cc1F. The van der Waals surface area contributed by atoms with Crippen molar-refractivity contribution < 1.29 is 8.78 Å². The van der Waals surface area contributed by atoms with E-state index in [1.54, 1.807) is 29.0 Å². The van der Waals surface area contributed by atoms with Crippen LogP contribution in [0.25, 0.3) is 28.2 Å². The van der Waals surface area contributed by atoms with E-state index in [2.05, 4.69) is 20.1 Å². The summed E-state index contributed by atoms with van der Waals surface area (Å²) in [4.78, 5) is 14.2. The summed E-state index contributed by atoms with van der Waals surface area (Å²) in [5.41, 5.74) is 4.07. The second-order valence-electron chi connectivity index (χ2n) is 11.3. The monoisotopic (exact) mass is 539 g/mol. The van der Waals surface area contributed by atoms with Gasteiger partial charge in [-0.05, 0) is 86.5 Å². The molecule has 0 atom stereocenters. The number of benzene rings is 2. The summed E-state index contributed by atoms with van der Waals surface area (Å²) < 4.78 is 32.3. The number of imidazole rings is 1. The van der Waals surface area contributed by atoms with E-state index >= 15 is 4.39 Å². The molecule has 204 valence electrons. The fourth-order valence-electron chi connectivity index (χ4n) is 6.68. The lowest BCUT2D eigenvalue weighted by molar-refractivity contribution is 0.247. The number of pyridine rings is 1. The molecule has 0 aliphatic carbocycles. The number of nitrogens with zero attached hydrogens (tertiary/aromatic N) is 6. The number of halogens is 2. The predicted molar refractivity (Wildman–Crippen MR) is 152 cm³/mol. The number of hydrogen-bond donors (Lipinski definition) is 1. The molecule has 7 nitrogen and oxygen atoms in total. The van der Waals surface area contributed by atoms with Gasteiger partial charge in [0, 0.05) is 50.2 Å². The van der Waals surface area contributed by atoms with Crippen LogP contribution in [0.4, 0.5) is 20.2 Å². The molecule has 1 spiro atoms. The average molecular weight is 540 g/mol. The molecule has 9 heteroatoms. The summed E-state index contributed by atoms with van der Waals surface area (Å²) >= 11 is 0. The van der Waals surface area contributed by atoms with Crippen LogP contribution in [0.1, 0.15) is 37.7 Å². The molecular weight excluding hydrogens is 508 g/mol. The highest BCUT2D eigenvalue weighted by atomic mass is 19.1. The highest BCUT2D eigenvalue weighted by Crippen LogP contribution is 2.40. The maximum Gasteiger partial charge on any atom is 0.167 e. The Morgan fingerprint density at radius 3 is 2.40 bits per heavy atom. The minimum absolute atomic E-state index is 0.0463. The highest BCUT2D eigenvalue weighted by Gasteiger charge is 2.37. The van der Waals surface area contributed by atoms with Crippen molar-refractivity contribution in [3.05, 3.63) is 65.9 Å². The topological polar surface area (TPSA) is 73.0 Å². The maximum absolute atomic E-state index is 15.9. The van der Waals surface area contributed by atoms with Crippen molar-refractivity contribution >= 4 is 22.5 Å². The van der Waals surface area contributed by atoms with Crippen molar-refractivity contribution in [2.75, 3.05) is 49.1 Å². The summed E-state index contributed by atoms with van der Waals surface area (Å²) in [7, 11) is 0.